The van der Waals surface area contributed by atoms with Crippen molar-refractivity contribution >= 4 is 23.6 Å². The predicted octanol–water partition coefficient (Wildman–Crippen LogP) is 1.04. The van der Waals surface area contributed by atoms with Gasteiger partial charge in [-0.15, -0.1) is 0 Å². The van der Waals surface area contributed by atoms with Crippen LogP contribution in [0.2, 0.25) is 0 Å². The SMILES string of the molecule is COC(=O)/C=C(/Nc1cc(OC)ccc1C(=O)O)C(=O)OC. The number of anilines is 1. The van der Waals surface area contributed by atoms with E-state index in [2.05, 4.69) is 14.8 Å². The lowest BCUT2D eigenvalue weighted by Crippen LogP contribution is -2.17. The zero-order valence-corrected chi connectivity index (χ0v) is 12.2. The molecule has 0 aliphatic heterocycles. The topological polar surface area (TPSA) is 111 Å². The Bertz CT molecular complexity index is 622. The molecule has 0 unspecified atom stereocenters. The molecule has 0 radical (unpaired) electrons. The molecule has 0 aromatic heterocycles. The Morgan fingerprint density at radius 1 is 1.14 bits per heavy atom. The molecule has 2 N–H and O–H groups in total. The van der Waals surface area contributed by atoms with Crippen LogP contribution in [0.5, 0.6) is 5.75 Å². The standard InChI is InChI=1S/C14H15NO7/c1-20-8-4-5-9(13(17)18)10(6-8)15-11(14(19)22-3)7-12(16)21-2/h4-7,15H,1-3H3,(H,17,18)/b11-7+. The van der Waals surface area contributed by atoms with E-state index in [1.807, 2.05) is 0 Å². The fourth-order valence-corrected chi connectivity index (χ4v) is 1.52. The van der Waals surface area contributed by atoms with Gasteiger partial charge in [0, 0.05) is 6.07 Å². The molecular formula is C14H15NO7. The fraction of sp³-hybridized carbons (Fsp3) is 0.214. The zero-order valence-electron chi connectivity index (χ0n) is 12.2. The lowest BCUT2D eigenvalue weighted by atomic mass is 10.1. The molecule has 0 bridgehead atoms. The molecule has 8 nitrogen and oxygen atoms in total. The summed E-state index contributed by atoms with van der Waals surface area (Å²) in [6.07, 6.45) is 0.858. The van der Waals surface area contributed by atoms with Crippen molar-refractivity contribution < 1.29 is 33.7 Å². The molecule has 0 amide bonds. The highest BCUT2D eigenvalue weighted by Crippen LogP contribution is 2.24. The van der Waals surface area contributed by atoms with Crippen molar-refractivity contribution in [2.45, 2.75) is 0 Å². The second kappa shape index (κ2) is 7.67. The van der Waals surface area contributed by atoms with Crippen molar-refractivity contribution in [1.82, 2.24) is 0 Å². The Morgan fingerprint density at radius 3 is 2.32 bits per heavy atom. The van der Waals surface area contributed by atoms with Gasteiger partial charge in [-0.25, -0.2) is 14.4 Å². The lowest BCUT2D eigenvalue weighted by molar-refractivity contribution is -0.138. The molecule has 0 heterocycles. The van der Waals surface area contributed by atoms with Crippen molar-refractivity contribution in [3.8, 4) is 5.75 Å². The summed E-state index contributed by atoms with van der Waals surface area (Å²) in [4.78, 5) is 34.2. The van der Waals surface area contributed by atoms with Crippen LogP contribution in [0.15, 0.2) is 30.0 Å². The molecule has 1 aromatic carbocycles. The first kappa shape index (κ1) is 17.0. The largest absolute Gasteiger partial charge is 0.497 e. The van der Waals surface area contributed by atoms with E-state index in [0.29, 0.717) is 5.75 Å². The van der Waals surface area contributed by atoms with Gasteiger partial charge in [-0.3, -0.25) is 0 Å². The van der Waals surface area contributed by atoms with E-state index in [9.17, 15) is 14.4 Å². The molecule has 0 atom stereocenters. The molecule has 1 aromatic rings. The minimum atomic E-state index is -1.22. The number of hydrogen-bond donors (Lipinski definition) is 2. The molecular weight excluding hydrogens is 294 g/mol. The van der Waals surface area contributed by atoms with Gasteiger partial charge in [0.05, 0.1) is 38.7 Å². The summed E-state index contributed by atoms with van der Waals surface area (Å²) < 4.78 is 14.0. The van der Waals surface area contributed by atoms with Crippen LogP contribution in [0.1, 0.15) is 10.4 Å². The number of carboxylic acids is 1. The maximum atomic E-state index is 11.7. The highest BCUT2D eigenvalue weighted by molar-refractivity contribution is 6.01. The van der Waals surface area contributed by atoms with Gasteiger partial charge in [-0.2, -0.15) is 0 Å². The van der Waals surface area contributed by atoms with Crippen molar-refractivity contribution in [2.75, 3.05) is 26.6 Å². The van der Waals surface area contributed by atoms with E-state index in [1.165, 1.54) is 25.3 Å². The third-order valence-electron chi connectivity index (χ3n) is 2.60. The second-order valence-corrected chi connectivity index (χ2v) is 3.91. The average Bonchev–Trinajstić information content (AvgIpc) is 2.52. The smallest absolute Gasteiger partial charge is 0.354 e. The van der Waals surface area contributed by atoms with E-state index < -0.39 is 17.9 Å². The number of hydrogen-bond acceptors (Lipinski definition) is 7. The maximum Gasteiger partial charge on any atom is 0.354 e. The summed E-state index contributed by atoms with van der Waals surface area (Å²) in [5, 5.41) is 11.7. The first-order valence-corrected chi connectivity index (χ1v) is 5.99. The van der Waals surface area contributed by atoms with Gasteiger partial charge in [-0.05, 0) is 12.1 Å². The van der Waals surface area contributed by atoms with Crippen LogP contribution in [-0.2, 0) is 19.1 Å². The normalized spacial score (nSPS) is 10.6. The second-order valence-electron chi connectivity index (χ2n) is 3.91. The number of carbonyl (C=O) groups is 3. The highest BCUT2D eigenvalue weighted by Gasteiger charge is 2.17. The van der Waals surface area contributed by atoms with Crippen LogP contribution < -0.4 is 10.1 Å². The molecule has 0 fully saturated rings. The summed E-state index contributed by atoms with van der Waals surface area (Å²) >= 11 is 0. The first-order valence-electron chi connectivity index (χ1n) is 5.99. The molecule has 0 aliphatic rings. The van der Waals surface area contributed by atoms with Gasteiger partial charge < -0.3 is 24.6 Å². The number of esters is 2. The Hall–Kier alpha value is -3.03. The number of methoxy groups -OCH3 is 3. The van der Waals surface area contributed by atoms with Gasteiger partial charge >= 0.3 is 17.9 Å². The summed E-state index contributed by atoms with van der Waals surface area (Å²) in [5.41, 5.74) is -0.321. The average molecular weight is 309 g/mol. The number of carbonyl (C=O) groups excluding carboxylic acids is 2. The van der Waals surface area contributed by atoms with E-state index in [0.717, 1.165) is 20.3 Å². The molecule has 0 spiro atoms. The Balaban J connectivity index is 3.27. The van der Waals surface area contributed by atoms with Crippen LogP contribution in [0.3, 0.4) is 0 Å². The number of rotatable bonds is 6. The molecule has 1 rings (SSSR count). The molecule has 0 saturated heterocycles. The Kier molecular flexibility index (Phi) is 5.94. The predicted molar refractivity (Wildman–Crippen MR) is 75.7 cm³/mol. The van der Waals surface area contributed by atoms with Crippen LogP contribution in [0.4, 0.5) is 5.69 Å². The van der Waals surface area contributed by atoms with E-state index in [1.54, 1.807) is 0 Å². The highest BCUT2D eigenvalue weighted by atomic mass is 16.5. The van der Waals surface area contributed by atoms with Gasteiger partial charge in [0.2, 0.25) is 0 Å². The van der Waals surface area contributed by atoms with Crippen LogP contribution in [-0.4, -0.2) is 44.3 Å². The molecule has 118 valence electrons. The monoisotopic (exact) mass is 309 g/mol. The van der Waals surface area contributed by atoms with E-state index in [4.69, 9.17) is 9.84 Å². The minimum absolute atomic E-state index is 0.0624. The fourth-order valence-electron chi connectivity index (χ4n) is 1.52. The van der Waals surface area contributed by atoms with Gasteiger partial charge in [0.15, 0.2) is 0 Å². The quantitative estimate of drug-likeness (QED) is 0.592. The Labute approximate surface area is 126 Å². The molecule has 22 heavy (non-hydrogen) atoms. The summed E-state index contributed by atoms with van der Waals surface area (Å²) in [6, 6.07) is 4.13. The van der Waals surface area contributed by atoms with Gasteiger partial charge in [0.25, 0.3) is 0 Å². The molecule has 8 heteroatoms. The Morgan fingerprint density at radius 2 is 1.82 bits per heavy atom. The van der Waals surface area contributed by atoms with Crippen molar-refractivity contribution in [2.24, 2.45) is 0 Å². The summed E-state index contributed by atoms with van der Waals surface area (Å²) in [5.74, 6) is -2.50. The molecule has 0 aliphatic carbocycles. The van der Waals surface area contributed by atoms with E-state index >= 15 is 0 Å². The van der Waals surface area contributed by atoms with Crippen LogP contribution >= 0.6 is 0 Å². The number of nitrogens with one attached hydrogen (secondary N) is 1. The maximum absolute atomic E-state index is 11.7. The van der Waals surface area contributed by atoms with Crippen molar-refractivity contribution in [3.63, 3.8) is 0 Å². The lowest BCUT2D eigenvalue weighted by Gasteiger charge is -2.12. The summed E-state index contributed by atoms with van der Waals surface area (Å²) in [6.45, 7) is 0. The van der Waals surface area contributed by atoms with Gasteiger partial charge in [0.1, 0.15) is 11.4 Å². The zero-order chi connectivity index (χ0) is 16.7. The molecule has 0 saturated carbocycles. The number of ether oxygens (including phenoxy) is 3. The van der Waals surface area contributed by atoms with Crippen molar-refractivity contribution in [1.29, 1.82) is 0 Å². The number of benzene rings is 1. The third-order valence-corrected chi connectivity index (χ3v) is 2.60. The third kappa shape index (κ3) is 4.23. The van der Waals surface area contributed by atoms with Crippen molar-refractivity contribution in [3.05, 3.63) is 35.5 Å². The summed E-state index contributed by atoms with van der Waals surface area (Å²) in [7, 11) is 3.67. The van der Waals surface area contributed by atoms with Crippen LogP contribution in [0, 0.1) is 0 Å². The number of aromatic carboxylic acids is 1. The number of carboxylic acid groups (broad SMARTS) is 1. The van der Waals surface area contributed by atoms with Crippen LogP contribution in [0.25, 0.3) is 0 Å². The minimum Gasteiger partial charge on any atom is -0.497 e. The first-order chi connectivity index (χ1) is 10.4. The van der Waals surface area contributed by atoms with Gasteiger partial charge in [-0.1, -0.05) is 0 Å². The van der Waals surface area contributed by atoms with E-state index in [-0.39, 0.29) is 16.9 Å².